The van der Waals surface area contributed by atoms with E-state index < -0.39 is 56.4 Å². The maximum Gasteiger partial charge on any atom is 0.430 e. The lowest BCUT2D eigenvalue weighted by Crippen LogP contribution is -2.53. The Morgan fingerprint density at radius 1 is 0.812 bits per heavy atom. The van der Waals surface area contributed by atoms with Crippen molar-refractivity contribution < 1.29 is 49.4 Å². The molecule has 1 saturated carbocycles. The van der Waals surface area contributed by atoms with Gasteiger partial charge in [0, 0.05) is 11.5 Å². The summed E-state index contributed by atoms with van der Waals surface area (Å²) < 4.78 is 118. The molecule has 2 aromatic carbocycles. The third-order valence-electron chi connectivity index (χ3n) is 5.60. The molecule has 0 saturated heterocycles. The zero-order valence-corrected chi connectivity index (χ0v) is 16.8. The first-order chi connectivity index (χ1) is 14.6. The fourth-order valence-electron chi connectivity index (χ4n) is 3.93. The highest BCUT2D eigenvalue weighted by Gasteiger charge is 2.71. The van der Waals surface area contributed by atoms with Crippen LogP contribution >= 0.6 is 0 Å². The Morgan fingerprint density at radius 2 is 1.31 bits per heavy atom. The van der Waals surface area contributed by atoms with Gasteiger partial charge in [0.2, 0.25) is 0 Å². The van der Waals surface area contributed by atoms with Gasteiger partial charge in [-0.25, -0.2) is 12.8 Å². The van der Waals surface area contributed by atoms with E-state index in [0.717, 1.165) is 36.4 Å². The summed E-state index contributed by atoms with van der Waals surface area (Å²) >= 11 is 0. The van der Waals surface area contributed by atoms with Gasteiger partial charge in [0.05, 0.1) is 16.2 Å². The van der Waals surface area contributed by atoms with E-state index in [9.17, 15) is 49.4 Å². The second-order valence-corrected chi connectivity index (χ2v) is 9.76. The van der Waals surface area contributed by atoms with Gasteiger partial charge in [0.15, 0.2) is 9.84 Å². The van der Waals surface area contributed by atoms with Crippen molar-refractivity contribution in [3.05, 3.63) is 65.5 Å². The Morgan fingerprint density at radius 3 is 1.78 bits per heavy atom. The molecular weight excluding hydrogens is 469 g/mol. The molecular formula is C20H17F7O4S. The third-order valence-corrected chi connectivity index (χ3v) is 7.84. The summed E-state index contributed by atoms with van der Waals surface area (Å²) in [7, 11) is -4.11. The maximum absolute atomic E-state index is 13.1. The van der Waals surface area contributed by atoms with E-state index in [1.807, 2.05) is 0 Å². The molecule has 1 aliphatic carbocycles. The number of sulfone groups is 1. The lowest BCUT2D eigenvalue weighted by Gasteiger charge is -2.33. The Bertz CT molecular complexity index is 1050. The largest absolute Gasteiger partial charge is 0.430 e. The number of aliphatic hydroxyl groups excluding tert-OH is 1. The highest BCUT2D eigenvalue weighted by Crippen LogP contribution is 2.50. The van der Waals surface area contributed by atoms with E-state index in [1.54, 1.807) is 0 Å². The van der Waals surface area contributed by atoms with Crippen LogP contribution in [0.15, 0.2) is 53.4 Å². The van der Waals surface area contributed by atoms with Crippen molar-refractivity contribution in [2.24, 2.45) is 0 Å². The summed E-state index contributed by atoms with van der Waals surface area (Å²) in [6.45, 7) is 0. The number of rotatable bonds is 4. The highest BCUT2D eigenvalue weighted by molar-refractivity contribution is 7.92. The molecule has 1 unspecified atom stereocenters. The summed E-state index contributed by atoms with van der Waals surface area (Å²) in [5, 5.41) is 18.3. The van der Waals surface area contributed by atoms with Crippen molar-refractivity contribution in [2.45, 2.75) is 53.0 Å². The van der Waals surface area contributed by atoms with E-state index in [1.165, 1.54) is 0 Å². The molecule has 0 amide bonds. The Kier molecular flexibility index (Phi) is 6.11. The predicted molar refractivity (Wildman–Crippen MR) is 97.8 cm³/mol. The SMILES string of the molecule is O=S(=O)(c1ccc(F)cc1)C1C[C@H](O)C[C@@H]1c1ccc(C(O)(C(F)(F)F)C(F)(F)F)cc1. The topological polar surface area (TPSA) is 74.6 Å². The van der Waals surface area contributed by atoms with E-state index in [0.29, 0.717) is 12.1 Å². The fourth-order valence-corrected chi connectivity index (χ4v) is 5.97. The van der Waals surface area contributed by atoms with Crippen molar-refractivity contribution in [3.63, 3.8) is 0 Å². The summed E-state index contributed by atoms with van der Waals surface area (Å²) in [6.07, 6.45) is -13.5. The van der Waals surface area contributed by atoms with Crippen LogP contribution in [0.5, 0.6) is 0 Å². The lowest BCUT2D eigenvalue weighted by atomic mass is 9.89. The Balaban J connectivity index is 1.99. The molecule has 12 heteroatoms. The van der Waals surface area contributed by atoms with Gasteiger partial charge in [-0.3, -0.25) is 0 Å². The molecule has 2 aromatic rings. The summed E-state index contributed by atoms with van der Waals surface area (Å²) in [5.41, 5.74) is -6.50. The summed E-state index contributed by atoms with van der Waals surface area (Å²) in [6, 6.07) is 6.52. The summed E-state index contributed by atoms with van der Waals surface area (Å²) in [5.74, 6) is -1.62. The van der Waals surface area contributed by atoms with Crippen LogP contribution < -0.4 is 0 Å². The van der Waals surface area contributed by atoms with Crippen molar-refractivity contribution in [1.82, 2.24) is 0 Å². The van der Waals surface area contributed by atoms with Gasteiger partial charge in [-0.15, -0.1) is 0 Å². The zero-order valence-electron chi connectivity index (χ0n) is 16.0. The first-order valence-corrected chi connectivity index (χ1v) is 10.8. The second kappa shape index (κ2) is 7.99. The second-order valence-electron chi connectivity index (χ2n) is 7.60. The molecule has 0 aromatic heterocycles. The van der Waals surface area contributed by atoms with E-state index in [-0.39, 0.29) is 23.3 Å². The summed E-state index contributed by atoms with van der Waals surface area (Å²) in [4.78, 5) is -0.233. The van der Waals surface area contributed by atoms with E-state index in [4.69, 9.17) is 0 Å². The van der Waals surface area contributed by atoms with Gasteiger partial charge in [0.1, 0.15) is 5.82 Å². The van der Waals surface area contributed by atoms with Gasteiger partial charge < -0.3 is 10.2 Å². The van der Waals surface area contributed by atoms with Crippen LogP contribution in [0.3, 0.4) is 0 Å². The fraction of sp³-hybridized carbons (Fsp3) is 0.400. The normalized spacial score (nSPS) is 22.8. The van der Waals surface area contributed by atoms with Crippen LogP contribution in [0.1, 0.15) is 29.9 Å². The smallest absolute Gasteiger partial charge is 0.393 e. The number of hydrogen-bond donors (Lipinski definition) is 2. The van der Waals surface area contributed by atoms with Crippen LogP contribution in [-0.4, -0.2) is 42.3 Å². The lowest BCUT2D eigenvalue weighted by molar-refractivity contribution is -0.376. The monoisotopic (exact) mass is 486 g/mol. The Labute approximate surface area is 178 Å². The van der Waals surface area contributed by atoms with Crippen LogP contribution in [0, 0.1) is 5.82 Å². The first-order valence-electron chi connectivity index (χ1n) is 9.23. The van der Waals surface area contributed by atoms with Gasteiger partial charge in [0.25, 0.3) is 5.60 Å². The molecule has 1 aliphatic rings. The number of halogens is 7. The molecule has 3 atom stereocenters. The first kappa shape index (κ1) is 24.5. The molecule has 0 aliphatic heterocycles. The van der Waals surface area contributed by atoms with Crippen molar-refractivity contribution in [2.75, 3.05) is 0 Å². The van der Waals surface area contributed by atoms with E-state index in [2.05, 4.69) is 0 Å². The van der Waals surface area contributed by atoms with Gasteiger partial charge >= 0.3 is 12.4 Å². The van der Waals surface area contributed by atoms with Crippen LogP contribution in [0.4, 0.5) is 30.7 Å². The van der Waals surface area contributed by atoms with Crippen molar-refractivity contribution >= 4 is 9.84 Å². The van der Waals surface area contributed by atoms with Gasteiger partial charge in [-0.2, -0.15) is 26.3 Å². The predicted octanol–water partition coefficient (Wildman–Crippen LogP) is 4.22. The third kappa shape index (κ3) is 4.11. The molecule has 0 radical (unpaired) electrons. The molecule has 0 bridgehead atoms. The van der Waals surface area contributed by atoms with Crippen LogP contribution in [0.2, 0.25) is 0 Å². The number of alkyl halides is 6. The zero-order chi connectivity index (χ0) is 24.1. The molecule has 0 spiro atoms. The van der Waals surface area contributed by atoms with Crippen LogP contribution in [-0.2, 0) is 15.4 Å². The average Bonchev–Trinajstić information content (AvgIpc) is 3.08. The highest BCUT2D eigenvalue weighted by atomic mass is 32.2. The number of hydrogen-bond acceptors (Lipinski definition) is 4. The number of aliphatic hydroxyl groups is 2. The standard InChI is InChI=1S/C20H17F7O4S/c21-13-5-7-15(8-6-13)32(30,31)17-10-14(28)9-16(17)11-1-3-12(4-2-11)18(29,19(22,23)24)20(25,26)27/h1-8,14,16-17,28-29H,9-10H2/t14-,16-,17?/m1/s1. The molecule has 176 valence electrons. The molecule has 3 rings (SSSR count). The van der Waals surface area contributed by atoms with Crippen molar-refractivity contribution in [3.8, 4) is 0 Å². The van der Waals surface area contributed by atoms with E-state index >= 15 is 0 Å². The Hall–Kier alpha value is -2.18. The van der Waals surface area contributed by atoms with Crippen LogP contribution in [0.25, 0.3) is 0 Å². The van der Waals surface area contributed by atoms with Gasteiger partial charge in [-0.05, 0) is 42.7 Å². The minimum Gasteiger partial charge on any atom is -0.393 e. The molecule has 0 heterocycles. The number of benzene rings is 2. The van der Waals surface area contributed by atoms with Crippen molar-refractivity contribution in [1.29, 1.82) is 0 Å². The molecule has 4 nitrogen and oxygen atoms in total. The minimum absolute atomic E-state index is 0.0766. The quantitative estimate of drug-likeness (QED) is 0.502. The molecule has 32 heavy (non-hydrogen) atoms. The maximum atomic E-state index is 13.1. The molecule has 2 N–H and O–H groups in total. The van der Waals surface area contributed by atoms with Gasteiger partial charge in [-0.1, -0.05) is 24.3 Å². The minimum atomic E-state index is -6.05. The molecule has 1 fully saturated rings. The average molecular weight is 486 g/mol.